The highest BCUT2D eigenvalue weighted by molar-refractivity contribution is 5.91. The molecule has 30 heavy (non-hydrogen) atoms. The fourth-order valence-corrected chi connectivity index (χ4v) is 3.65. The van der Waals surface area contributed by atoms with Gasteiger partial charge >= 0.3 is 0 Å². The molecule has 1 aliphatic heterocycles. The molecule has 1 aromatic carbocycles. The molecule has 0 saturated carbocycles. The van der Waals surface area contributed by atoms with E-state index < -0.39 is 17.5 Å². The summed E-state index contributed by atoms with van der Waals surface area (Å²) in [5.74, 6) is -1.95. The molecule has 7 nitrogen and oxygen atoms in total. The SMILES string of the molecule is Cc1cc(C)n2nc(C(=O)NC3CNCCC3c3ccc(F)c(F)c3)nc2n1.Cl.Cl. The number of carbonyl (C=O) groups is 1. The van der Waals surface area contributed by atoms with Crippen LogP contribution in [0.2, 0.25) is 0 Å². The minimum atomic E-state index is -0.889. The summed E-state index contributed by atoms with van der Waals surface area (Å²) < 4.78 is 28.5. The zero-order chi connectivity index (χ0) is 19.8. The van der Waals surface area contributed by atoms with Crippen molar-refractivity contribution in [1.82, 2.24) is 30.2 Å². The summed E-state index contributed by atoms with van der Waals surface area (Å²) in [6.07, 6.45) is 0.689. The molecular weight excluding hydrogens is 437 g/mol. The van der Waals surface area contributed by atoms with E-state index in [1.165, 1.54) is 10.6 Å². The average molecular weight is 459 g/mol. The van der Waals surface area contributed by atoms with Crippen molar-refractivity contribution in [3.63, 3.8) is 0 Å². The lowest BCUT2D eigenvalue weighted by atomic mass is 9.86. The van der Waals surface area contributed by atoms with E-state index in [4.69, 9.17) is 0 Å². The minimum Gasteiger partial charge on any atom is -0.345 e. The molecule has 1 aliphatic rings. The van der Waals surface area contributed by atoms with E-state index in [1.807, 2.05) is 19.9 Å². The smallest absolute Gasteiger partial charge is 0.291 e. The van der Waals surface area contributed by atoms with Crippen LogP contribution in [0.5, 0.6) is 0 Å². The average Bonchev–Trinajstić information content (AvgIpc) is 3.09. The maximum Gasteiger partial charge on any atom is 0.291 e. The van der Waals surface area contributed by atoms with Gasteiger partial charge < -0.3 is 10.6 Å². The van der Waals surface area contributed by atoms with Crippen LogP contribution in [0.1, 0.15) is 39.9 Å². The highest BCUT2D eigenvalue weighted by atomic mass is 35.5. The van der Waals surface area contributed by atoms with Crippen LogP contribution in [0.3, 0.4) is 0 Å². The second-order valence-corrected chi connectivity index (χ2v) is 7.04. The molecule has 0 spiro atoms. The first kappa shape index (κ1) is 23.9. The second kappa shape index (κ2) is 9.63. The van der Waals surface area contributed by atoms with Crippen LogP contribution in [0.4, 0.5) is 8.78 Å². The van der Waals surface area contributed by atoms with Crippen molar-refractivity contribution in [2.24, 2.45) is 0 Å². The van der Waals surface area contributed by atoms with Gasteiger partial charge in [-0.3, -0.25) is 4.79 Å². The summed E-state index contributed by atoms with van der Waals surface area (Å²) in [4.78, 5) is 21.2. The Morgan fingerprint density at radius 2 is 1.93 bits per heavy atom. The van der Waals surface area contributed by atoms with Crippen LogP contribution in [0, 0.1) is 25.5 Å². The molecule has 1 amide bonds. The highest BCUT2D eigenvalue weighted by Gasteiger charge is 2.29. The quantitative estimate of drug-likeness (QED) is 0.630. The number of fused-ring (bicyclic) bond motifs is 1. The summed E-state index contributed by atoms with van der Waals surface area (Å²) in [6, 6.07) is 5.43. The highest BCUT2D eigenvalue weighted by Crippen LogP contribution is 2.27. The Bertz CT molecular complexity index is 1060. The lowest BCUT2D eigenvalue weighted by Crippen LogP contribution is -2.50. The van der Waals surface area contributed by atoms with Gasteiger partial charge in [0.15, 0.2) is 11.6 Å². The number of hydrogen-bond donors (Lipinski definition) is 2. The lowest BCUT2D eigenvalue weighted by molar-refractivity contribution is 0.0914. The Labute approximate surface area is 184 Å². The number of hydrogen-bond acceptors (Lipinski definition) is 5. The third-order valence-electron chi connectivity index (χ3n) is 4.99. The number of carbonyl (C=O) groups excluding carboxylic acids is 1. The van der Waals surface area contributed by atoms with Gasteiger partial charge in [-0.15, -0.1) is 29.9 Å². The van der Waals surface area contributed by atoms with Gasteiger partial charge in [0.1, 0.15) is 0 Å². The van der Waals surface area contributed by atoms with E-state index in [-0.39, 0.29) is 42.6 Å². The number of nitrogens with one attached hydrogen (secondary N) is 2. The molecule has 2 atom stereocenters. The van der Waals surface area contributed by atoms with Gasteiger partial charge in [-0.1, -0.05) is 6.07 Å². The lowest BCUT2D eigenvalue weighted by Gasteiger charge is -2.33. The standard InChI is InChI=1S/C19H20F2N6O.2ClH/c1-10-7-11(2)27-19(23-10)25-17(26-27)18(28)24-16-9-22-6-5-13(16)12-3-4-14(20)15(21)8-12;;/h3-4,7-8,13,16,22H,5-6,9H2,1-2H3,(H,24,28);2*1H. The number of nitrogens with zero attached hydrogens (tertiary/aromatic N) is 4. The summed E-state index contributed by atoms with van der Waals surface area (Å²) in [5.41, 5.74) is 2.27. The van der Waals surface area contributed by atoms with Crippen LogP contribution in [-0.2, 0) is 0 Å². The van der Waals surface area contributed by atoms with E-state index in [2.05, 4.69) is 25.7 Å². The van der Waals surface area contributed by atoms with Crippen molar-refractivity contribution in [3.05, 3.63) is 58.7 Å². The van der Waals surface area contributed by atoms with Gasteiger partial charge in [0.05, 0.1) is 0 Å². The summed E-state index contributed by atoms with van der Waals surface area (Å²) in [5, 5.41) is 10.4. The molecule has 0 bridgehead atoms. The molecule has 4 rings (SSSR count). The maximum absolute atomic E-state index is 13.7. The molecule has 2 unspecified atom stereocenters. The molecule has 1 fully saturated rings. The molecule has 1 saturated heterocycles. The number of aromatic nitrogens is 4. The van der Waals surface area contributed by atoms with E-state index in [0.29, 0.717) is 24.3 Å². The molecule has 0 radical (unpaired) electrons. The summed E-state index contributed by atoms with van der Waals surface area (Å²) in [7, 11) is 0. The molecular formula is C19H22Cl2F2N6O. The topological polar surface area (TPSA) is 84.2 Å². The first-order valence-electron chi connectivity index (χ1n) is 9.10. The van der Waals surface area contributed by atoms with Crippen molar-refractivity contribution in [2.75, 3.05) is 13.1 Å². The van der Waals surface area contributed by atoms with Gasteiger partial charge in [0.25, 0.3) is 11.7 Å². The fraction of sp³-hybridized carbons (Fsp3) is 0.368. The monoisotopic (exact) mass is 458 g/mol. The predicted octanol–water partition coefficient (Wildman–Crippen LogP) is 2.74. The first-order valence-corrected chi connectivity index (χ1v) is 9.10. The van der Waals surface area contributed by atoms with Gasteiger partial charge in [0.2, 0.25) is 5.82 Å². The molecule has 2 N–H and O–H groups in total. The minimum absolute atomic E-state index is 0. The zero-order valence-electron chi connectivity index (χ0n) is 16.4. The normalized spacial score (nSPS) is 18.4. The Hall–Kier alpha value is -2.36. The van der Waals surface area contributed by atoms with E-state index in [9.17, 15) is 13.6 Å². The fourth-order valence-electron chi connectivity index (χ4n) is 3.65. The summed E-state index contributed by atoms with van der Waals surface area (Å²) in [6.45, 7) is 4.95. The van der Waals surface area contributed by atoms with Gasteiger partial charge in [-0.2, -0.15) is 4.98 Å². The van der Waals surface area contributed by atoms with Gasteiger partial charge in [-0.05, 0) is 50.6 Å². The van der Waals surface area contributed by atoms with Crippen LogP contribution >= 0.6 is 24.8 Å². The van der Waals surface area contributed by atoms with E-state index in [0.717, 1.165) is 24.0 Å². The molecule has 2 aromatic heterocycles. The van der Waals surface area contributed by atoms with Crippen molar-refractivity contribution in [2.45, 2.75) is 32.2 Å². The maximum atomic E-state index is 13.7. The third kappa shape index (κ3) is 4.69. The largest absolute Gasteiger partial charge is 0.345 e. The first-order chi connectivity index (χ1) is 13.4. The third-order valence-corrected chi connectivity index (χ3v) is 4.99. The van der Waals surface area contributed by atoms with Crippen molar-refractivity contribution < 1.29 is 13.6 Å². The number of aryl methyl sites for hydroxylation is 2. The number of amides is 1. The molecule has 3 heterocycles. The van der Waals surface area contributed by atoms with Crippen molar-refractivity contribution in [3.8, 4) is 0 Å². The van der Waals surface area contributed by atoms with Gasteiger partial charge in [0, 0.05) is 29.9 Å². The number of halogens is 4. The van der Waals surface area contributed by atoms with E-state index >= 15 is 0 Å². The zero-order valence-corrected chi connectivity index (χ0v) is 18.0. The van der Waals surface area contributed by atoms with Crippen LogP contribution in [0.15, 0.2) is 24.3 Å². The Balaban J connectivity index is 0.00000160. The number of benzene rings is 1. The Kier molecular flexibility index (Phi) is 7.68. The van der Waals surface area contributed by atoms with E-state index in [1.54, 1.807) is 6.07 Å². The second-order valence-electron chi connectivity index (χ2n) is 7.04. The molecule has 0 aliphatic carbocycles. The molecule has 162 valence electrons. The predicted molar refractivity (Wildman–Crippen MR) is 113 cm³/mol. The Morgan fingerprint density at radius 1 is 1.17 bits per heavy atom. The summed E-state index contributed by atoms with van der Waals surface area (Å²) >= 11 is 0. The van der Waals surface area contributed by atoms with Crippen molar-refractivity contribution in [1.29, 1.82) is 0 Å². The molecule has 3 aromatic rings. The van der Waals surface area contributed by atoms with Crippen LogP contribution in [0.25, 0.3) is 5.78 Å². The van der Waals surface area contributed by atoms with Crippen LogP contribution < -0.4 is 10.6 Å². The number of piperidine rings is 1. The van der Waals surface area contributed by atoms with Crippen molar-refractivity contribution >= 4 is 36.5 Å². The van der Waals surface area contributed by atoms with Gasteiger partial charge in [-0.25, -0.2) is 18.3 Å². The Morgan fingerprint density at radius 3 is 2.67 bits per heavy atom. The molecule has 11 heteroatoms. The number of rotatable bonds is 3. The van der Waals surface area contributed by atoms with Crippen LogP contribution in [-0.4, -0.2) is 44.6 Å².